The normalized spacial score (nSPS) is 10.4. The van der Waals surface area contributed by atoms with Crippen molar-refractivity contribution in [2.45, 2.75) is 0 Å². The van der Waals surface area contributed by atoms with E-state index in [1.54, 1.807) is 6.07 Å². The summed E-state index contributed by atoms with van der Waals surface area (Å²) in [7, 11) is 1.25. The predicted molar refractivity (Wildman–Crippen MR) is 84.5 cm³/mol. The molecule has 1 heterocycles. The second kappa shape index (κ2) is 5.73. The van der Waals surface area contributed by atoms with Crippen molar-refractivity contribution in [2.75, 3.05) is 12.4 Å². The van der Waals surface area contributed by atoms with Crippen LogP contribution < -0.4 is 5.32 Å². The predicted octanol–water partition coefficient (Wildman–Crippen LogP) is 3.47. The number of anilines is 2. The number of aromatic hydroxyl groups is 1. The van der Waals surface area contributed by atoms with Crippen LogP contribution in [0.25, 0.3) is 10.8 Å². The Balaban J connectivity index is 1.99. The highest BCUT2D eigenvalue weighted by Crippen LogP contribution is 2.30. The Kier molecular flexibility index (Phi) is 3.62. The molecular formula is C17H14N2O3. The highest BCUT2D eigenvalue weighted by Gasteiger charge is 2.16. The van der Waals surface area contributed by atoms with E-state index in [1.807, 2.05) is 42.5 Å². The van der Waals surface area contributed by atoms with Crippen molar-refractivity contribution in [1.82, 2.24) is 4.98 Å². The number of carbonyl (C=O) groups is 1. The van der Waals surface area contributed by atoms with Crippen molar-refractivity contribution >= 4 is 28.1 Å². The fourth-order valence-corrected chi connectivity index (χ4v) is 2.22. The number of rotatable bonds is 3. The number of hydrogen-bond donors (Lipinski definition) is 2. The smallest absolute Gasteiger partial charge is 0.360 e. The van der Waals surface area contributed by atoms with Crippen LogP contribution >= 0.6 is 0 Å². The van der Waals surface area contributed by atoms with E-state index in [0.717, 1.165) is 16.8 Å². The molecule has 3 aromatic rings. The molecule has 5 heteroatoms. The zero-order valence-corrected chi connectivity index (χ0v) is 11.9. The Morgan fingerprint density at radius 1 is 1.14 bits per heavy atom. The second-order valence-electron chi connectivity index (χ2n) is 4.74. The Morgan fingerprint density at radius 3 is 2.64 bits per heavy atom. The molecule has 0 unspecified atom stereocenters. The SMILES string of the molecule is COC(=O)c1ncc2cc(Nc3ccccc3)ccc2c1O. The molecule has 0 aliphatic rings. The molecule has 0 bridgehead atoms. The van der Waals surface area contributed by atoms with Crippen molar-refractivity contribution in [3.05, 3.63) is 60.4 Å². The Morgan fingerprint density at radius 2 is 1.91 bits per heavy atom. The fourth-order valence-electron chi connectivity index (χ4n) is 2.22. The maximum atomic E-state index is 11.5. The third kappa shape index (κ3) is 2.56. The number of ether oxygens (including phenoxy) is 1. The highest BCUT2D eigenvalue weighted by atomic mass is 16.5. The van der Waals surface area contributed by atoms with E-state index >= 15 is 0 Å². The Labute approximate surface area is 127 Å². The van der Waals surface area contributed by atoms with Crippen LogP contribution in [0.1, 0.15) is 10.5 Å². The molecule has 0 aliphatic carbocycles. The maximum absolute atomic E-state index is 11.5. The summed E-state index contributed by atoms with van der Waals surface area (Å²) in [6, 6.07) is 15.2. The number of carbonyl (C=O) groups excluding carboxylic acids is 1. The number of hydrogen-bond acceptors (Lipinski definition) is 5. The number of methoxy groups -OCH3 is 1. The molecule has 0 saturated heterocycles. The van der Waals surface area contributed by atoms with Gasteiger partial charge >= 0.3 is 5.97 Å². The van der Waals surface area contributed by atoms with E-state index in [2.05, 4.69) is 15.0 Å². The lowest BCUT2D eigenvalue weighted by atomic mass is 10.1. The van der Waals surface area contributed by atoms with Crippen LogP contribution in [-0.2, 0) is 4.74 Å². The number of esters is 1. The molecule has 110 valence electrons. The van der Waals surface area contributed by atoms with Crippen LogP contribution in [0.5, 0.6) is 5.75 Å². The van der Waals surface area contributed by atoms with Gasteiger partial charge in [0, 0.05) is 28.3 Å². The van der Waals surface area contributed by atoms with Gasteiger partial charge in [0.15, 0.2) is 11.4 Å². The summed E-state index contributed by atoms with van der Waals surface area (Å²) in [5, 5.41) is 14.7. The van der Waals surface area contributed by atoms with Gasteiger partial charge in [-0.15, -0.1) is 0 Å². The van der Waals surface area contributed by atoms with Gasteiger partial charge in [-0.25, -0.2) is 9.78 Å². The summed E-state index contributed by atoms with van der Waals surface area (Å²) < 4.78 is 4.59. The van der Waals surface area contributed by atoms with E-state index in [0.29, 0.717) is 5.39 Å². The minimum atomic E-state index is -0.661. The maximum Gasteiger partial charge on any atom is 0.360 e. The van der Waals surface area contributed by atoms with Crippen molar-refractivity contribution < 1.29 is 14.6 Å². The first kappa shape index (κ1) is 13.9. The van der Waals surface area contributed by atoms with Gasteiger partial charge < -0.3 is 15.2 Å². The summed E-state index contributed by atoms with van der Waals surface area (Å²) in [5.74, 6) is -0.832. The highest BCUT2D eigenvalue weighted by molar-refractivity contribution is 5.99. The van der Waals surface area contributed by atoms with Crippen molar-refractivity contribution in [1.29, 1.82) is 0 Å². The monoisotopic (exact) mass is 294 g/mol. The molecule has 0 saturated carbocycles. The van der Waals surface area contributed by atoms with E-state index in [9.17, 15) is 9.90 Å². The first-order valence-electron chi connectivity index (χ1n) is 6.71. The van der Waals surface area contributed by atoms with Crippen LogP contribution in [0.2, 0.25) is 0 Å². The third-order valence-corrected chi connectivity index (χ3v) is 3.30. The van der Waals surface area contributed by atoms with E-state index in [-0.39, 0.29) is 11.4 Å². The van der Waals surface area contributed by atoms with Gasteiger partial charge in [0.05, 0.1) is 7.11 Å². The number of benzene rings is 2. The van der Waals surface area contributed by atoms with Crippen molar-refractivity contribution in [3.63, 3.8) is 0 Å². The molecule has 5 nitrogen and oxygen atoms in total. The second-order valence-corrected chi connectivity index (χ2v) is 4.74. The zero-order valence-electron chi connectivity index (χ0n) is 11.9. The number of fused-ring (bicyclic) bond motifs is 1. The molecular weight excluding hydrogens is 280 g/mol. The van der Waals surface area contributed by atoms with Gasteiger partial charge in [-0.1, -0.05) is 18.2 Å². The lowest BCUT2D eigenvalue weighted by Crippen LogP contribution is -2.04. The summed E-state index contributed by atoms with van der Waals surface area (Å²) >= 11 is 0. The molecule has 0 spiro atoms. The van der Waals surface area contributed by atoms with E-state index in [1.165, 1.54) is 13.3 Å². The van der Waals surface area contributed by atoms with Gasteiger partial charge in [0.25, 0.3) is 0 Å². The van der Waals surface area contributed by atoms with Gasteiger partial charge in [0.2, 0.25) is 0 Å². The zero-order chi connectivity index (χ0) is 15.5. The number of para-hydroxylation sites is 1. The number of aromatic nitrogens is 1. The lowest BCUT2D eigenvalue weighted by Gasteiger charge is -2.09. The average molecular weight is 294 g/mol. The Hall–Kier alpha value is -3.08. The molecule has 22 heavy (non-hydrogen) atoms. The number of nitrogens with one attached hydrogen (secondary N) is 1. The molecule has 0 amide bonds. The molecule has 1 aromatic heterocycles. The molecule has 0 fully saturated rings. The van der Waals surface area contributed by atoms with E-state index < -0.39 is 5.97 Å². The summed E-state index contributed by atoms with van der Waals surface area (Å²) in [6.07, 6.45) is 1.54. The molecule has 0 atom stereocenters. The minimum Gasteiger partial charge on any atom is -0.505 e. The number of nitrogens with zero attached hydrogens (tertiary/aromatic N) is 1. The largest absolute Gasteiger partial charge is 0.505 e. The molecule has 0 aliphatic heterocycles. The van der Waals surface area contributed by atoms with E-state index in [4.69, 9.17) is 0 Å². The van der Waals surface area contributed by atoms with Crippen molar-refractivity contribution in [3.8, 4) is 5.75 Å². The minimum absolute atomic E-state index is 0.0845. The third-order valence-electron chi connectivity index (χ3n) is 3.30. The molecule has 2 aromatic carbocycles. The van der Waals surface area contributed by atoms with Crippen LogP contribution in [0.4, 0.5) is 11.4 Å². The van der Waals surface area contributed by atoms with Gasteiger partial charge in [-0.05, 0) is 30.3 Å². The van der Waals surface area contributed by atoms with Crippen LogP contribution in [0, 0.1) is 0 Å². The standard InChI is InChI=1S/C17H14N2O3/c1-22-17(21)15-16(20)14-8-7-13(9-11(14)10-18-15)19-12-5-3-2-4-6-12/h2-10,19-20H,1H3. The summed E-state index contributed by atoms with van der Waals surface area (Å²) in [5.41, 5.74) is 1.75. The number of pyridine rings is 1. The van der Waals surface area contributed by atoms with Crippen LogP contribution in [0.3, 0.4) is 0 Å². The van der Waals surface area contributed by atoms with Gasteiger partial charge in [-0.3, -0.25) is 0 Å². The topological polar surface area (TPSA) is 71.5 Å². The van der Waals surface area contributed by atoms with Crippen molar-refractivity contribution in [2.24, 2.45) is 0 Å². The van der Waals surface area contributed by atoms with Crippen LogP contribution in [-0.4, -0.2) is 23.2 Å². The van der Waals surface area contributed by atoms with Crippen LogP contribution in [0.15, 0.2) is 54.7 Å². The molecule has 2 N–H and O–H groups in total. The molecule has 0 radical (unpaired) electrons. The summed E-state index contributed by atoms with van der Waals surface area (Å²) in [6.45, 7) is 0. The lowest BCUT2D eigenvalue weighted by molar-refractivity contribution is 0.0591. The van der Waals surface area contributed by atoms with Gasteiger partial charge in [-0.2, -0.15) is 0 Å². The van der Waals surface area contributed by atoms with Gasteiger partial charge in [0.1, 0.15) is 0 Å². The quantitative estimate of drug-likeness (QED) is 0.724. The average Bonchev–Trinajstić information content (AvgIpc) is 2.55. The fraction of sp³-hybridized carbons (Fsp3) is 0.0588. The first-order valence-corrected chi connectivity index (χ1v) is 6.71. The first-order chi connectivity index (χ1) is 10.7. The summed E-state index contributed by atoms with van der Waals surface area (Å²) in [4.78, 5) is 15.5. The molecule has 3 rings (SSSR count). The Bertz CT molecular complexity index is 832.